The van der Waals surface area contributed by atoms with Crippen LogP contribution in [0.25, 0.3) is 10.9 Å². The molecule has 9 heteroatoms. The topological polar surface area (TPSA) is 50.6 Å². The highest BCUT2D eigenvalue weighted by Gasteiger charge is 2.35. The second-order valence-electron chi connectivity index (χ2n) is 6.22. The maximum atomic E-state index is 14.9. The van der Waals surface area contributed by atoms with Gasteiger partial charge in [-0.3, -0.25) is 0 Å². The van der Waals surface area contributed by atoms with Crippen LogP contribution in [-0.4, -0.2) is 52.0 Å². The molecule has 0 saturated carbocycles. The summed E-state index contributed by atoms with van der Waals surface area (Å²) in [6, 6.07) is 0.0377. The van der Waals surface area contributed by atoms with Crippen LogP contribution in [0.3, 0.4) is 0 Å². The minimum Gasteiger partial charge on any atom is -0.489 e. The number of aromatic nitrogens is 2. The monoisotopic (exact) mass is 464 g/mol. The molecule has 1 aromatic heterocycles. The molecular formula is C15H15ClFIN4O2. The van der Waals surface area contributed by atoms with Gasteiger partial charge in [-0.25, -0.2) is 12.0 Å². The maximum Gasteiger partial charge on any atom is 0.359 e. The van der Waals surface area contributed by atoms with E-state index in [-0.39, 0.29) is 22.1 Å². The van der Waals surface area contributed by atoms with Gasteiger partial charge in [0.15, 0.2) is 11.6 Å². The highest BCUT2D eigenvalue weighted by Crippen LogP contribution is 2.44. The molecule has 1 atom stereocenters. The predicted molar refractivity (Wildman–Crippen MR) is 99.3 cm³/mol. The van der Waals surface area contributed by atoms with E-state index in [1.54, 1.807) is 29.8 Å². The molecule has 0 spiro atoms. The normalized spacial score (nSPS) is 20.7. The second-order valence-corrected chi connectivity index (χ2v) is 7.57. The van der Waals surface area contributed by atoms with Crippen LogP contribution < -0.4 is 15.3 Å². The number of likely N-dealkylation sites (N-methyl/N-ethyl adjacent to an activating group) is 1. The summed E-state index contributed by atoms with van der Waals surface area (Å²) >= 11 is 8.13. The molecule has 2 aliphatic heterocycles. The third-order valence-electron chi connectivity index (χ3n) is 4.70. The smallest absolute Gasteiger partial charge is 0.359 e. The summed E-state index contributed by atoms with van der Waals surface area (Å²) in [6.07, 6.45) is 0. The number of ether oxygens (including phenoxy) is 1. The van der Waals surface area contributed by atoms with Crippen molar-refractivity contribution in [3.63, 3.8) is 0 Å². The van der Waals surface area contributed by atoms with Crippen molar-refractivity contribution >= 4 is 51.2 Å². The standard InChI is InChI=1S/C15H15ClFIN4O2/c1-7-10(16)13-9-12(11(7)17)22(18)15(23)19-14(9)21-4-3-20(2)5-8(21)6-24-13/h8H,3-6H2,1-2H3. The van der Waals surface area contributed by atoms with Crippen molar-refractivity contribution in [1.82, 2.24) is 12.7 Å². The van der Waals surface area contributed by atoms with Crippen LogP contribution in [-0.2, 0) is 0 Å². The zero-order valence-corrected chi connectivity index (χ0v) is 16.1. The van der Waals surface area contributed by atoms with Crippen LogP contribution in [0.4, 0.5) is 10.2 Å². The van der Waals surface area contributed by atoms with E-state index in [1.165, 1.54) is 2.78 Å². The van der Waals surface area contributed by atoms with Gasteiger partial charge in [0.2, 0.25) is 0 Å². The molecule has 2 aliphatic rings. The van der Waals surface area contributed by atoms with Gasteiger partial charge in [-0.2, -0.15) is 4.98 Å². The number of hydrogen-bond donors (Lipinski definition) is 0. The summed E-state index contributed by atoms with van der Waals surface area (Å²) < 4.78 is 22.0. The Morgan fingerprint density at radius 2 is 2.17 bits per heavy atom. The van der Waals surface area contributed by atoms with Crippen LogP contribution >= 0.6 is 34.5 Å². The Balaban J connectivity index is 2.11. The Kier molecular flexibility index (Phi) is 3.88. The fourth-order valence-electron chi connectivity index (χ4n) is 3.40. The number of fused-ring (bicyclic) bond motifs is 2. The van der Waals surface area contributed by atoms with Crippen molar-refractivity contribution in [1.29, 1.82) is 0 Å². The Bertz CT molecular complexity index is 919. The van der Waals surface area contributed by atoms with Gasteiger partial charge in [-0.1, -0.05) is 11.6 Å². The van der Waals surface area contributed by atoms with Crippen LogP contribution in [0, 0.1) is 12.7 Å². The fraction of sp³-hybridized carbons (Fsp3) is 0.467. The lowest BCUT2D eigenvalue weighted by molar-refractivity contribution is 0.208. The summed E-state index contributed by atoms with van der Waals surface area (Å²) in [7, 11) is 2.04. The van der Waals surface area contributed by atoms with Crippen molar-refractivity contribution in [2.75, 3.05) is 38.2 Å². The Labute approximate surface area is 156 Å². The van der Waals surface area contributed by atoms with E-state index in [1.807, 2.05) is 11.9 Å². The van der Waals surface area contributed by atoms with E-state index in [9.17, 15) is 9.18 Å². The average molecular weight is 465 g/mol. The highest BCUT2D eigenvalue weighted by atomic mass is 127. The first-order valence-corrected chi connectivity index (χ1v) is 8.93. The molecule has 0 amide bonds. The summed E-state index contributed by atoms with van der Waals surface area (Å²) in [6.45, 7) is 4.32. The Hall–Kier alpha value is -1.13. The Morgan fingerprint density at radius 3 is 2.92 bits per heavy atom. The van der Waals surface area contributed by atoms with Crippen LogP contribution in [0.5, 0.6) is 5.75 Å². The van der Waals surface area contributed by atoms with E-state index in [2.05, 4.69) is 9.88 Å². The summed E-state index contributed by atoms with van der Waals surface area (Å²) in [4.78, 5) is 20.8. The molecular weight excluding hydrogens is 450 g/mol. The predicted octanol–water partition coefficient (Wildman–Crippen LogP) is 2.21. The molecule has 1 fully saturated rings. The number of piperazine rings is 1. The largest absolute Gasteiger partial charge is 0.489 e. The molecule has 0 aliphatic carbocycles. The molecule has 1 unspecified atom stereocenters. The third kappa shape index (κ3) is 2.22. The van der Waals surface area contributed by atoms with Crippen molar-refractivity contribution in [2.45, 2.75) is 13.0 Å². The molecule has 0 bridgehead atoms. The molecule has 1 aromatic carbocycles. The number of anilines is 1. The molecule has 128 valence electrons. The van der Waals surface area contributed by atoms with Crippen LogP contribution in [0.15, 0.2) is 4.79 Å². The zero-order chi connectivity index (χ0) is 17.2. The highest BCUT2D eigenvalue weighted by molar-refractivity contribution is 14.1. The fourth-order valence-corrected chi connectivity index (χ4v) is 4.20. The van der Waals surface area contributed by atoms with Gasteiger partial charge in [-0.05, 0) is 14.0 Å². The first kappa shape index (κ1) is 16.3. The van der Waals surface area contributed by atoms with Gasteiger partial charge < -0.3 is 14.5 Å². The number of hydrogen-bond acceptors (Lipinski definition) is 5. The van der Waals surface area contributed by atoms with Gasteiger partial charge in [0.25, 0.3) is 0 Å². The van der Waals surface area contributed by atoms with E-state index in [0.717, 1.165) is 13.1 Å². The molecule has 4 rings (SSSR count). The van der Waals surface area contributed by atoms with Crippen molar-refractivity contribution in [3.8, 4) is 5.75 Å². The number of halogens is 3. The molecule has 24 heavy (non-hydrogen) atoms. The number of nitrogens with zero attached hydrogens (tertiary/aromatic N) is 4. The molecule has 6 nitrogen and oxygen atoms in total. The van der Waals surface area contributed by atoms with Crippen molar-refractivity contribution in [3.05, 3.63) is 26.9 Å². The maximum absolute atomic E-state index is 14.9. The van der Waals surface area contributed by atoms with E-state index >= 15 is 0 Å². The minimum atomic E-state index is -0.509. The molecule has 0 radical (unpaired) electrons. The number of rotatable bonds is 0. The SMILES string of the molecule is Cc1c(Cl)c2c3c(nc(=O)n(I)c3c1F)N1CCN(C)CC1CO2. The lowest BCUT2D eigenvalue weighted by atomic mass is 10.1. The third-order valence-corrected chi connectivity index (χ3v) is 6.05. The summed E-state index contributed by atoms with van der Waals surface area (Å²) in [5, 5.41) is 0.718. The van der Waals surface area contributed by atoms with Gasteiger partial charge in [0, 0.05) is 25.2 Å². The van der Waals surface area contributed by atoms with Gasteiger partial charge in [0.05, 0.1) is 39.3 Å². The van der Waals surface area contributed by atoms with E-state index in [0.29, 0.717) is 30.1 Å². The van der Waals surface area contributed by atoms with Crippen LogP contribution in [0.2, 0.25) is 5.02 Å². The molecule has 0 N–H and O–H groups in total. The first-order chi connectivity index (χ1) is 11.4. The summed E-state index contributed by atoms with van der Waals surface area (Å²) in [5.41, 5.74) is -0.0375. The number of benzene rings is 1. The lowest BCUT2D eigenvalue weighted by Gasteiger charge is -2.39. The van der Waals surface area contributed by atoms with Crippen molar-refractivity contribution in [2.24, 2.45) is 0 Å². The molecule has 2 aromatic rings. The molecule has 3 heterocycles. The minimum absolute atomic E-state index is 0.0377. The summed E-state index contributed by atoms with van der Waals surface area (Å²) in [5.74, 6) is 0.370. The molecule has 1 saturated heterocycles. The van der Waals surface area contributed by atoms with Crippen molar-refractivity contribution < 1.29 is 9.13 Å². The zero-order valence-electron chi connectivity index (χ0n) is 13.1. The Morgan fingerprint density at radius 1 is 1.42 bits per heavy atom. The second kappa shape index (κ2) is 5.70. The quantitative estimate of drug-likeness (QED) is 0.560. The lowest BCUT2D eigenvalue weighted by Crippen LogP contribution is -2.54. The van der Waals surface area contributed by atoms with E-state index < -0.39 is 11.5 Å². The van der Waals surface area contributed by atoms with Gasteiger partial charge >= 0.3 is 5.69 Å². The average Bonchev–Trinajstić information content (AvgIpc) is 2.70. The van der Waals surface area contributed by atoms with E-state index in [4.69, 9.17) is 16.3 Å². The first-order valence-electron chi connectivity index (χ1n) is 7.58. The van der Waals surface area contributed by atoms with Gasteiger partial charge in [-0.15, -0.1) is 0 Å². The van der Waals surface area contributed by atoms with Gasteiger partial charge in [0.1, 0.15) is 17.9 Å². The van der Waals surface area contributed by atoms with Crippen LogP contribution in [0.1, 0.15) is 5.56 Å².